The fraction of sp³-hybridized carbons (Fsp3) is 0.375. The molecular formula is C16H17N3O3. The summed E-state index contributed by atoms with van der Waals surface area (Å²) >= 11 is 0. The van der Waals surface area contributed by atoms with Gasteiger partial charge in [-0.25, -0.2) is 0 Å². The zero-order valence-electron chi connectivity index (χ0n) is 12.0. The van der Waals surface area contributed by atoms with Crippen LogP contribution in [0.2, 0.25) is 0 Å². The normalized spacial score (nSPS) is 19.7. The van der Waals surface area contributed by atoms with E-state index in [0.717, 1.165) is 11.4 Å². The van der Waals surface area contributed by atoms with Crippen LogP contribution in [0.25, 0.3) is 0 Å². The summed E-state index contributed by atoms with van der Waals surface area (Å²) < 4.78 is 11.4. The summed E-state index contributed by atoms with van der Waals surface area (Å²) in [6.45, 7) is 0.809. The maximum Gasteiger partial charge on any atom is 0.271 e. The predicted molar refractivity (Wildman–Crippen MR) is 79.2 cm³/mol. The lowest BCUT2D eigenvalue weighted by Crippen LogP contribution is -2.40. The van der Waals surface area contributed by atoms with Crippen molar-refractivity contribution in [3.05, 3.63) is 41.7 Å². The molecule has 0 radical (unpaired) electrons. The first-order valence-electron chi connectivity index (χ1n) is 7.51. The van der Waals surface area contributed by atoms with Gasteiger partial charge in [0.25, 0.3) is 5.91 Å². The monoisotopic (exact) mass is 299 g/mol. The van der Waals surface area contributed by atoms with Crippen molar-refractivity contribution in [3.8, 4) is 11.5 Å². The Bertz CT molecular complexity index is 693. The van der Waals surface area contributed by atoms with Crippen molar-refractivity contribution in [1.29, 1.82) is 0 Å². The van der Waals surface area contributed by atoms with Gasteiger partial charge >= 0.3 is 0 Å². The number of nitrogens with zero attached hydrogens (tertiary/aromatic N) is 1. The van der Waals surface area contributed by atoms with Gasteiger partial charge < -0.3 is 14.8 Å². The van der Waals surface area contributed by atoms with Crippen LogP contribution >= 0.6 is 0 Å². The van der Waals surface area contributed by atoms with Crippen LogP contribution in [-0.4, -0.2) is 35.4 Å². The predicted octanol–water partition coefficient (Wildman–Crippen LogP) is 1.86. The highest BCUT2D eigenvalue weighted by Crippen LogP contribution is 2.39. The van der Waals surface area contributed by atoms with Crippen molar-refractivity contribution in [2.24, 2.45) is 0 Å². The minimum Gasteiger partial charge on any atom is -0.486 e. The molecule has 4 rings (SSSR count). The number of hydrogen-bond donors (Lipinski definition) is 2. The number of hydrogen-bond acceptors (Lipinski definition) is 4. The number of para-hydroxylation sites is 2. The number of aromatic amines is 1. The number of H-pyrrole nitrogens is 1. The highest BCUT2D eigenvalue weighted by atomic mass is 16.6. The van der Waals surface area contributed by atoms with Gasteiger partial charge in [-0.05, 0) is 31.0 Å². The Morgan fingerprint density at radius 3 is 2.95 bits per heavy atom. The van der Waals surface area contributed by atoms with Crippen molar-refractivity contribution < 1.29 is 14.3 Å². The van der Waals surface area contributed by atoms with Crippen molar-refractivity contribution in [2.45, 2.75) is 24.9 Å². The molecule has 1 aromatic heterocycles. The molecule has 22 heavy (non-hydrogen) atoms. The minimum absolute atomic E-state index is 0.189. The molecule has 1 fully saturated rings. The van der Waals surface area contributed by atoms with Gasteiger partial charge in [-0.1, -0.05) is 12.1 Å². The van der Waals surface area contributed by atoms with Crippen LogP contribution in [0.3, 0.4) is 0 Å². The Hall–Kier alpha value is -2.50. The smallest absolute Gasteiger partial charge is 0.271 e. The molecule has 1 unspecified atom stereocenters. The van der Waals surface area contributed by atoms with E-state index in [1.54, 1.807) is 0 Å². The highest BCUT2D eigenvalue weighted by molar-refractivity contribution is 5.92. The molecule has 1 saturated carbocycles. The van der Waals surface area contributed by atoms with Crippen LogP contribution in [0.15, 0.2) is 30.3 Å². The quantitative estimate of drug-likeness (QED) is 0.903. The Labute approximate surface area is 127 Å². The van der Waals surface area contributed by atoms with Crippen molar-refractivity contribution >= 4 is 5.91 Å². The van der Waals surface area contributed by atoms with E-state index in [4.69, 9.17) is 9.47 Å². The van der Waals surface area contributed by atoms with Gasteiger partial charge in [0.15, 0.2) is 11.5 Å². The molecule has 1 aliphatic heterocycles. The number of rotatable bonds is 4. The largest absolute Gasteiger partial charge is 0.486 e. The molecule has 1 amide bonds. The number of carbonyl (C=O) groups is 1. The Balaban J connectivity index is 1.33. The highest BCUT2D eigenvalue weighted by Gasteiger charge is 2.27. The molecule has 0 bridgehead atoms. The van der Waals surface area contributed by atoms with Crippen LogP contribution in [0.5, 0.6) is 11.5 Å². The molecule has 1 aliphatic carbocycles. The third-order valence-electron chi connectivity index (χ3n) is 3.91. The maximum absolute atomic E-state index is 12.1. The average molecular weight is 299 g/mol. The molecule has 2 aromatic rings. The lowest BCUT2D eigenvalue weighted by atomic mass is 10.2. The van der Waals surface area contributed by atoms with Gasteiger partial charge in [0.2, 0.25) is 0 Å². The lowest BCUT2D eigenvalue weighted by Gasteiger charge is -2.26. The second-order valence-electron chi connectivity index (χ2n) is 5.69. The minimum atomic E-state index is -0.194. The lowest BCUT2D eigenvalue weighted by molar-refractivity contribution is 0.0786. The zero-order chi connectivity index (χ0) is 14.9. The topological polar surface area (TPSA) is 76.2 Å². The van der Waals surface area contributed by atoms with E-state index in [2.05, 4.69) is 15.5 Å². The summed E-state index contributed by atoms with van der Waals surface area (Å²) in [7, 11) is 0. The van der Waals surface area contributed by atoms with E-state index in [9.17, 15) is 4.79 Å². The molecule has 6 heteroatoms. The van der Waals surface area contributed by atoms with Crippen LogP contribution in [0.1, 0.15) is 34.9 Å². The Morgan fingerprint density at radius 2 is 2.14 bits per heavy atom. The van der Waals surface area contributed by atoms with Gasteiger partial charge in [-0.2, -0.15) is 5.10 Å². The van der Waals surface area contributed by atoms with Crippen molar-refractivity contribution in [2.75, 3.05) is 13.2 Å². The SMILES string of the molecule is O=C(NCC1COc2ccccc2O1)c1cc(C2CC2)[nH]n1. The first-order chi connectivity index (χ1) is 10.8. The first-order valence-corrected chi connectivity index (χ1v) is 7.51. The van der Waals surface area contributed by atoms with Gasteiger partial charge in [0.1, 0.15) is 18.4 Å². The molecule has 6 nitrogen and oxygen atoms in total. The number of benzene rings is 1. The number of fused-ring (bicyclic) bond motifs is 1. The van der Waals surface area contributed by atoms with Gasteiger partial charge in [-0.3, -0.25) is 9.89 Å². The molecule has 1 aromatic carbocycles. The Kier molecular flexibility index (Phi) is 3.21. The van der Waals surface area contributed by atoms with E-state index >= 15 is 0 Å². The summed E-state index contributed by atoms with van der Waals surface area (Å²) in [4.78, 5) is 12.1. The number of amides is 1. The molecule has 2 N–H and O–H groups in total. The summed E-state index contributed by atoms with van der Waals surface area (Å²) in [6, 6.07) is 9.36. The summed E-state index contributed by atoms with van der Waals surface area (Å²) in [5.41, 5.74) is 1.48. The molecule has 0 saturated heterocycles. The standard InChI is InChI=1S/C16H17N3O3/c20-16(13-7-12(18-19-13)10-5-6-10)17-8-11-9-21-14-3-1-2-4-15(14)22-11/h1-4,7,10-11H,5-6,8-9H2,(H,17,20)(H,18,19). The second kappa shape index (κ2) is 5.36. The number of carbonyl (C=O) groups excluding carboxylic acids is 1. The van der Waals surface area contributed by atoms with Crippen molar-refractivity contribution in [3.63, 3.8) is 0 Å². The molecular weight excluding hydrogens is 282 g/mol. The first kappa shape index (κ1) is 13.2. The van der Waals surface area contributed by atoms with Crippen LogP contribution in [0, 0.1) is 0 Å². The summed E-state index contributed by atoms with van der Waals surface area (Å²) in [5, 5.41) is 9.85. The molecule has 0 spiro atoms. The third-order valence-corrected chi connectivity index (χ3v) is 3.91. The van der Waals surface area contributed by atoms with Crippen LogP contribution in [-0.2, 0) is 0 Å². The van der Waals surface area contributed by atoms with E-state index in [0.29, 0.717) is 30.5 Å². The van der Waals surface area contributed by atoms with Crippen LogP contribution < -0.4 is 14.8 Å². The summed E-state index contributed by atoms with van der Waals surface area (Å²) in [5.74, 6) is 1.82. The maximum atomic E-state index is 12.1. The fourth-order valence-electron chi connectivity index (χ4n) is 2.52. The third kappa shape index (κ3) is 2.64. The molecule has 1 atom stereocenters. The second-order valence-corrected chi connectivity index (χ2v) is 5.69. The zero-order valence-corrected chi connectivity index (χ0v) is 12.0. The molecule has 2 heterocycles. The fourth-order valence-corrected chi connectivity index (χ4v) is 2.52. The van der Waals surface area contributed by atoms with Crippen LogP contribution in [0.4, 0.5) is 0 Å². The van der Waals surface area contributed by atoms with E-state index in [1.165, 1.54) is 12.8 Å². The number of nitrogens with one attached hydrogen (secondary N) is 2. The van der Waals surface area contributed by atoms with Gasteiger partial charge in [-0.15, -0.1) is 0 Å². The summed E-state index contributed by atoms with van der Waals surface area (Å²) in [6.07, 6.45) is 2.16. The molecule has 2 aliphatic rings. The van der Waals surface area contributed by atoms with Crippen molar-refractivity contribution in [1.82, 2.24) is 15.5 Å². The van der Waals surface area contributed by atoms with E-state index in [-0.39, 0.29) is 12.0 Å². The Morgan fingerprint density at radius 1 is 1.32 bits per heavy atom. The van der Waals surface area contributed by atoms with E-state index in [1.807, 2.05) is 30.3 Å². The van der Waals surface area contributed by atoms with E-state index < -0.39 is 0 Å². The average Bonchev–Trinajstić information content (AvgIpc) is 3.29. The molecule has 114 valence electrons. The van der Waals surface area contributed by atoms with Gasteiger partial charge in [0.05, 0.1) is 6.54 Å². The number of aromatic nitrogens is 2. The number of ether oxygens (including phenoxy) is 2. The van der Waals surface area contributed by atoms with Gasteiger partial charge in [0, 0.05) is 11.6 Å².